The Morgan fingerprint density at radius 3 is 2.21 bits per heavy atom. The van der Waals surface area contributed by atoms with Crippen molar-refractivity contribution in [3.63, 3.8) is 0 Å². The Morgan fingerprint density at radius 2 is 1.74 bits per heavy atom. The lowest BCUT2D eigenvalue weighted by Gasteiger charge is -2.34. The van der Waals surface area contributed by atoms with Crippen LogP contribution in [0.4, 0.5) is 5.69 Å². The third-order valence-electron chi connectivity index (χ3n) is 3.23. The van der Waals surface area contributed by atoms with Crippen LogP contribution in [0.2, 0.25) is 0 Å². The molecule has 0 fully saturated rings. The summed E-state index contributed by atoms with van der Waals surface area (Å²) in [5.41, 5.74) is 1.06. The first-order valence-electron chi connectivity index (χ1n) is 7.21. The second-order valence-electron chi connectivity index (χ2n) is 5.31. The molecule has 19 heavy (non-hydrogen) atoms. The fraction of sp³-hybridized carbons (Fsp3) is 0.562. The average molecular weight is 278 g/mol. The number of benzene rings is 1. The fourth-order valence-electron chi connectivity index (χ4n) is 2.24. The third kappa shape index (κ3) is 5.19. The smallest absolute Gasteiger partial charge is 0.173 e. The number of nitrogens with one attached hydrogen (secondary N) is 1. The highest BCUT2D eigenvalue weighted by atomic mass is 32.1. The lowest BCUT2D eigenvalue weighted by Crippen LogP contribution is -2.44. The lowest BCUT2D eigenvalue weighted by atomic mass is 10.1. The summed E-state index contributed by atoms with van der Waals surface area (Å²) in [4.78, 5) is 2.34. The zero-order chi connectivity index (χ0) is 14.3. The van der Waals surface area contributed by atoms with Crippen molar-refractivity contribution >= 4 is 23.0 Å². The van der Waals surface area contributed by atoms with Gasteiger partial charge in [0.15, 0.2) is 5.11 Å². The van der Waals surface area contributed by atoms with Crippen LogP contribution < -0.4 is 5.32 Å². The number of para-hydroxylation sites is 1. The van der Waals surface area contributed by atoms with E-state index in [2.05, 4.69) is 37.9 Å². The molecular weight excluding hydrogens is 252 g/mol. The number of nitrogens with zero attached hydrogens (tertiary/aromatic N) is 1. The number of anilines is 1. The minimum Gasteiger partial charge on any atom is -0.346 e. The molecule has 106 valence electrons. The number of thiocarbonyl (C=S) groups is 1. The van der Waals surface area contributed by atoms with Gasteiger partial charge in [-0.1, -0.05) is 45.9 Å². The highest BCUT2D eigenvalue weighted by Gasteiger charge is 2.19. The molecule has 1 N–H and O–H groups in total. The molecule has 0 unspecified atom stereocenters. The van der Waals surface area contributed by atoms with E-state index in [1.807, 2.05) is 30.3 Å². The summed E-state index contributed by atoms with van der Waals surface area (Å²) in [7, 11) is 0. The Hall–Kier alpha value is -1.09. The first-order valence-corrected chi connectivity index (χ1v) is 7.61. The van der Waals surface area contributed by atoms with Crippen molar-refractivity contribution in [2.24, 2.45) is 5.92 Å². The monoisotopic (exact) mass is 278 g/mol. The second-order valence-corrected chi connectivity index (χ2v) is 5.70. The van der Waals surface area contributed by atoms with E-state index < -0.39 is 0 Å². The Kier molecular flexibility index (Phi) is 6.85. The molecular formula is C16H26N2S. The normalized spacial score (nSPS) is 10.8. The van der Waals surface area contributed by atoms with Gasteiger partial charge in [-0.2, -0.15) is 0 Å². The Bertz CT molecular complexity index is 372. The number of hydrogen-bond acceptors (Lipinski definition) is 1. The molecule has 0 atom stereocenters. The van der Waals surface area contributed by atoms with Crippen molar-refractivity contribution in [2.75, 3.05) is 11.9 Å². The maximum atomic E-state index is 5.60. The first-order chi connectivity index (χ1) is 9.08. The van der Waals surface area contributed by atoms with Crippen LogP contribution in [0.1, 0.15) is 40.5 Å². The van der Waals surface area contributed by atoms with Crippen molar-refractivity contribution in [1.82, 2.24) is 4.90 Å². The predicted molar refractivity (Wildman–Crippen MR) is 88.6 cm³/mol. The van der Waals surface area contributed by atoms with Crippen LogP contribution in [0.3, 0.4) is 0 Å². The standard InChI is InChI=1S/C16H26N2S/c1-5-15(6-2)18(12-13(3)4)16(19)17-14-10-8-7-9-11-14/h7-11,13,15H,5-6,12H2,1-4H3,(H,17,19). The summed E-state index contributed by atoms with van der Waals surface area (Å²) in [6, 6.07) is 10.7. The summed E-state index contributed by atoms with van der Waals surface area (Å²) >= 11 is 5.60. The van der Waals surface area contributed by atoms with Gasteiger partial charge in [-0.3, -0.25) is 0 Å². The van der Waals surface area contributed by atoms with Crippen LogP contribution in [0.5, 0.6) is 0 Å². The highest BCUT2D eigenvalue weighted by Crippen LogP contribution is 2.15. The maximum absolute atomic E-state index is 5.60. The molecule has 0 aromatic heterocycles. The molecule has 0 heterocycles. The first kappa shape index (κ1) is 16.0. The van der Waals surface area contributed by atoms with Gasteiger partial charge in [-0.05, 0) is 43.1 Å². The topological polar surface area (TPSA) is 15.3 Å². The molecule has 0 radical (unpaired) electrons. The molecule has 1 aromatic carbocycles. The molecule has 1 rings (SSSR count). The van der Waals surface area contributed by atoms with E-state index in [1.54, 1.807) is 0 Å². The van der Waals surface area contributed by atoms with E-state index in [0.29, 0.717) is 12.0 Å². The van der Waals surface area contributed by atoms with Crippen LogP contribution in [0.25, 0.3) is 0 Å². The quantitative estimate of drug-likeness (QED) is 0.770. The van der Waals surface area contributed by atoms with Gasteiger partial charge < -0.3 is 10.2 Å². The van der Waals surface area contributed by atoms with E-state index >= 15 is 0 Å². The Labute approximate surface area is 123 Å². The molecule has 3 heteroatoms. The summed E-state index contributed by atoms with van der Waals surface area (Å²) in [5.74, 6) is 0.608. The summed E-state index contributed by atoms with van der Waals surface area (Å²) < 4.78 is 0. The largest absolute Gasteiger partial charge is 0.346 e. The van der Waals surface area contributed by atoms with E-state index in [4.69, 9.17) is 12.2 Å². The Morgan fingerprint density at radius 1 is 1.16 bits per heavy atom. The molecule has 0 aliphatic rings. The Balaban J connectivity index is 2.76. The van der Waals surface area contributed by atoms with Gasteiger partial charge in [-0.25, -0.2) is 0 Å². The van der Waals surface area contributed by atoms with Crippen molar-refractivity contribution in [1.29, 1.82) is 0 Å². The molecule has 0 bridgehead atoms. The lowest BCUT2D eigenvalue weighted by molar-refractivity contribution is 0.270. The van der Waals surface area contributed by atoms with Gasteiger partial charge >= 0.3 is 0 Å². The van der Waals surface area contributed by atoms with Gasteiger partial charge in [0.1, 0.15) is 0 Å². The fourth-order valence-corrected chi connectivity index (χ4v) is 2.58. The average Bonchev–Trinajstić information content (AvgIpc) is 2.39. The van der Waals surface area contributed by atoms with E-state index in [0.717, 1.165) is 30.2 Å². The third-order valence-corrected chi connectivity index (χ3v) is 3.57. The molecule has 0 amide bonds. The van der Waals surface area contributed by atoms with Crippen LogP contribution >= 0.6 is 12.2 Å². The van der Waals surface area contributed by atoms with E-state index in [9.17, 15) is 0 Å². The molecule has 0 saturated carbocycles. The summed E-state index contributed by atoms with van der Waals surface area (Å²) in [6.07, 6.45) is 2.25. The molecule has 1 aromatic rings. The zero-order valence-electron chi connectivity index (χ0n) is 12.5. The van der Waals surface area contributed by atoms with Crippen LogP contribution in [-0.4, -0.2) is 22.6 Å². The van der Waals surface area contributed by atoms with Crippen molar-refractivity contribution in [3.05, 3.63) is 30.3 Å². The minimum absolute atomic E-state index is 0.520. The molecule has 0 saturated heterocycles. The van der Waals surface area contributed by atoms with Crippen molar-refractivity contribution in [2.45, 2.75) is 46.6 Å². The SMILES string of the molecule is CCC(CC)N(CC(C)C)C(=S)Nc1ccccc1. The maximum Gasteiger partial charge on any atom is 0.173 e. The second kappa shape index (κ2) is 8.16. The molecule has 0 aliphatic carbocycles. The van der Waals surface area contributed by atoms with E-state index in [-0.39, 0.29) is 0 Å². The van der Waals surface area contributed by atoms with Gasteiger partial charge in [0.25, 0.3) is 0 Å². The zero-order valence-corrected chi connectivity index (χ0v) is 13.3. The molecule has 0 spiro atoms. The van der Waals surface area contributed by atoms with Gasteiger partial charge in [0, 0.05) is 18.3 Å². The van der Waals surface area contributed by atoms with Crippen molar-refractivity contribution in [3.8, 4) is 0 Å². The van der Waals surface area contributed by atoms with Crippen LogP contribution in [-0.2, 0) is 0 Å². The van der Waals surface area contributed by atoms with Gasteiger partial charge in [0.2, 0.25) is 0 Å². The van der Waals surface area contributed by atoms with Crippen LogP contribution in [0.15, 0.2) is 30.3 Å². The summed E-state index contributed by atoms with van der Waals surface area (Å²) in [5, 5.41) is 4.20. The van der Waals surface area contributed by atoms with Crippen LogP contribution in [0, 0.1) is 5.92 Å². The summed E-state index contributed by atoms with van der Waals surface area (Å²) in [6.45, 7) is 9.94. The van der Waals surface area contributed by atoms with Gasteiger partial charge in [-0.15, -0.1) is 0 Å². The minimum atomic E-state index is 0.520. The van der Waals surface area contributed by atoms with Crippen molar-refractivity contribution < 1.29 is 0 Å². The van der Waals surface area contributed by atoms with Gasteiger partial charge in [0.05, 0.1) is 0 Å². The number of rotatable bonds is 6. The molecule has 0 aliphatic heterocycles. The number of hydrogen-bond donors (Lipinski definition) is 1. The predicted octanol–water partition coefficient (Wildman–Crippen LogP) is 4.53. The van der Waals surface area contributed by atoms with E-state index in [1.165, 1.54) is 0 Å². The molecule has 2 nitrogen and oxygen atoms in total. The highest BCUT2D eigenvalue weighted by molar-refractivity contribution is 7.80.